The van der Waals surface area contributed by atoms with Gasteiger partial charge in [0.1, 0.15) is 11.6 Å². The number of benzene rings is 2. The van der Waals surface area contributed by atoms with Gasteiger partial charge < -0.3 is 10.4 Å². The molecule has 0 saturated carbocycles. The summed E-state index contributed by atoms with van der Waals surface area (Å²) in [6, 6.07) is 10.4. The second kappa shape index (κ2) is 5.34. The third-order valence-corrected chi connectivity index (χ3v) is 3.27. The second-order valence-electron chi connectivity index (χ2n) is 3.60. The highest BCUT2D eigenvalue weighted by Crippen LogP contribution is 2.22. The fourth-order valence-electron chi connectivity index (χ4n) is 1.44. The van der Waals surface area contributed by atoms with E-state index in [1.165, 1.54) is 0 Å². The Morgan fingerprint density at radius 1 is 1.22 bits per heavy atom. The zero-order valence-electron chi connectivity index (χ0n) is 9.15. The minimum absolute atomic E-state index is 0.0883. The van der Waals surface area contributed by atoms with E-state index in [-0.39, 0.29) is 11.3 Å². The summed E-state index contributed by atoms with van der Waals surface area (Å²) >= 11 is 2.08. The van der Waals surface area contributed by atoms with Crippen LogP contribution < -0.4 is 5.32 Å². The third-order valence-electron chi connectivity index (χ3n) is 2.33. The molecule has 2 aromatic rings. The number of rotatable bonds is 2. The summed E-state index contributed by atoms with van der Waals surface area (Å²) in [5.74, 6) is -1.36. The van der Waals surface area contributed by atoms with E-state index in [2.05, 4.69) is 27.9 Å². The smallest absolute Gasteiger partial charge is 0.259 e. The van der Waals surface area contributed by atoms with E-state index < -0.39 is 11.7 Å². The van der Waals surface area contributed by atoms with Gasteiger partial charge in [-0.25, -0.2) is 4.39 Å². The molecule has 0 heterocycles. The van der Waals surface area contributed by atoms with Crippen molar-refractivity contribution in [2.45, 2.75) is 0 Å². The molecule has 0 aliphatic rings. The second-order valence-corrected chi connectivity index (χ2v) is 4.76. The van der Waals surface area contributed by atoms with E-state index in [0.29, 0.717) is 5.69 Å². The molecule has 2 N–H and O–H groups in total. The number of carbonyl (C=O) groups is 1. The zero-order valence-corrected chi connectivity index (χ0v) is 11.3. The lowest BCUT2D eigenvalue weighted by atomic mass is 10.1. The average Bonchev–Trinajstić information content (AvgIpc) is 2.35. The van der Waals surface area contributed by atoms with Gasteiger partial charge in [-0.1, -0.05) is 12.1 Å². The van der Waals surface area contributed by atoms with E-state index >= 15 is 0 Å². The minimum atomic E-state index is -0.569. The first-order valence-electron chi connectivity index (χ1n) is 5.12. The van der Waals surface area contributed by atoms with Crippen molar-refractivity contribution in [1.29, 1.82) is 0 Å². The fraction of sp³-hybridized carbons (Fsp3) is 0. The fourth-order valence-corrected chi connectivity index (χ4v) is 1.96. The summed E-state index contributed by atoms with van der Waals surface area (Å²) in [5, 5.41) is 12.1. The van der Waals surface area contributed by atoms with Gasteiger partial charge in [0, 0.05) is 3.57 Å². The predicted octanol–water partition coefficient (Wildman–Crippen LogP) is 3.39. The van der Waals surface area contributed by atoms with Crippen LogP contribution in [-0.4, -0.2) is 11.0 Å². The van der Waals surface area contributed by atoms with Crippen molar-refractivity contribution in [1.82, 2.24) is 0 Å². The molecule has 0 bridgehead atoms. The lowest BCUT2D eigenvalue weighted by molar-refractivity contribution is 0.102. The van der Waals surface area contributed by atoms with Crippen molar-refractivity contribution in [3.63, 3.8) is 0 Å². The molecule has 0 fully saturated rings. The molecule has 3 nitrogen and oxygen atoms in total. The van der Waals surface area contributed by atoms with Gasteiger partial charge in [-0.15, -0.1) is 0 Å². The van der Waals surface area contributed by atoms with Gasteiger partial charge in [-0.3, -0.25) is 4.79 Å². The topological polar surface area (TPSA) is 49.3 Å². The number of aromatic hydroxyl groups is 1. The predicted molar refractivity (Wildman–Crippen MR) is 75.2 cm³/mol. The quantitative estimate of drug-likeness (QED) is 0.810. The van der Waals surface area contributed by atoms with Gasteiger partial charge in [0.25, 0.3) is 5.91 Å². The molecule has 0 aliphatic carbocycles. The minimum Gasteiger partial charge on any atom is -0.507 e. The summed E-state index contributed by atoms with van der Waals surface area (Å²) in [6.45, 7) is 0. The highest BCUT2D eigenvalue weighted by atomic mass is 127. The summed E-state index contributed by atoms with van der Waals surface area (Å²) < 4.78 is 13.9. The Morgan fingerprint density at radius 3 is 2.67 bits per heavy atom. The third kappa shape index (κ3) is 2.79. The van der Waals surface area contributed by atoms with Crippen LogP contribution in [0.2, 0.25) is 0 Å². The van der Waals surface area contributed by atoms with Crippen LogP contribution in [0.1, 0.15) is 10.4 Å². The molecule has 5 heteroatoms. The molecule has 0 radical (unpaired) electrons. The Morgan fingerprint density at radius 2 is 1.94 bits per heavy atom. The molecule has 92 valence electrons. The molecule has 0 atom stereocenters. The standard InChI is InChI=1S/C13H9FINO2/c14-8-5-6-12(17)9(7-8)13(18)16-11-4-2-1-3-10(11)15/h1-7,17H,(H,16,18). The van der Waals surface area contributed by atoms with Crippen LogP contribution in [-0.2, 0) is 0 Å². The van der Waals surface area contributed by atoms with Crippen molar-refractivity contribution < 1.29 is 14.3 Å². The number of halogens is 2. The molecule has 0 aliphatic heterocycles. The maximum atomic E-state index is 13.0. The van der Waals surface area contributed by atoms with E-state index in [4.69, 9.17) is 0 Å². The van der Waals surface area contributed by atoms with Crippen LogP contribution >= 0.6 is 22.6 Å². The van der Waals surface area contributed by atoms with Crippen molar-refractivity contribution >= 4 is 34.2 Å². The summed E-state index contributed by atoms with van der Waals surface area (Å²) in [5.41, 5.74) is 0.529. The lowest BCUT2D eigenvalue weighted by Gasteiger charge is -2.08. The molecule has 0 aromatic heterocycles. The van der Waals surface area contributed by atoms with Crippen LogP contribution in [0.5, 0.6) is 5.75 Å². The molecule has 1 amide bonds. The zero-order chi connectivity index (χ0) is 13.1. The maximum absolute atomic E-state index is 13.0. The van der Waals surface area contributed by atoms with Crippen molar-refractivity contribution in [2.75, 3.05) is 5.32 Å². The number of para-hydroxylation sites is 1. The van der Waals surface area contributed by atoms with Crippen LogP contribution in [0.15, 0.2) is 42.5 Å². The number of amides is 1. The summed E-state index contributed by atoms with van der Waals surface area (Å²) in [6.07, 6.45) is 0. The number of phenolic OH excluding ortho intramolecular Hbond substituents is 1. The van der Waals surface area contributed by atoms with Crippen LogP contribution in [0.4, 0.5) is 10.1 Å². The molecule has 2 rings (SSSR count). The number of hydrogen-bond acceptors (Lipinski definition) is 2. The molecule has 0 spiro atoms. The van der Waals surface area contributed by atoms with Crippen LogP contribution in [0, 0.1) is 9.39 Å². The van der Waals surface area contributed by atoms with Gasteiger partial charge in [0.15, 0.2) is 0 Å². The monoisotopic (exact) mass is 357 g/mol. The maximum Gasteiger partial charge on any atom is 0.259 e. The summed E-state index contributed by atoms with van der Waals surface area (Å²) in [7, 11) is 0. The van der Waals surface area contributed by atoms with Gasteiger partial charge in [0.05, 0.1) is 11.3 Å². The number of anilines is 1. The molecular formula is C13H9FINO2. The van der Waals surface area contributed by atoms with Crippen molar-refractivity contribution in [3.05, 3.63) is 57.4 Å². The molecule has 2 aromatic carbocycles. The Kier molecular flexibility index (Phi) is 3.81. The number of carbonyl (C=O) groups excluding carboxylic acids is 1. The Labute approximate surface area is 117 Å². The van der Waals surface area contributed by atoms with Crippen LogP contribution in [0.25, 0.3) is 0 Å². The van der Waals surface area contributed by atoms with Gasteiger partial charge in [-0.05, 0) is 52.9 Å². The van der Waals surface area contributed by atoms with E-state index in [1.807, 2.05) is 12.1 Å². The largest absolute Gasteiger partial charge is 0.507 e. The molecular weight excluding hydrogens is 348 g/mol. The number of hydrogen-bond donors (Lipinski definition) is 2. The Balaban J connectivity index is 2.28. The number of phenols is 1. The SMILES string of the molecule is O=C(Nc1ccccc1I)c1cc(F)ccc1O. The normalized spacial score (nSPS) is 10.1. The van der Waals surface area contributed by atoms with Gasteiger partial charge in [0.2, 0.25) is 0 Å². The van der Waals surface area contributed by atoms with E-state index in [1.54, 1.807) is 12.1 Å². The summed E-state index contributed by atoms with van der Waals surface area (Å²) in [4.78, 5) is 11.9. The van der Waals surface area contributed by atoms with Crippen molar-refractivity contribution in [2.24, 2.45) is 0 Å². The van der Waals surface area contributed by atoms with Gasteiger partial charge >= 0.3 is 0 Å². The van der Waals surface area contributed by atoms with Crippen molar-refractivity contribution in [3.8, 4) is 5.75 Å². The van der Waals surface area contributed by atoms with Gasteiger partial charge in [-0.2, -0.15) is 0 Å². The average molecular weight is 357 g/mol. The highest BCUT2D eigenvalue weighted by molar-refractivity contribution is 14.1. The molecule has 18 heavy (non-hydrogen) atoms. The number of nitrogens with one attached hydrogen (secondary N) is 1. The first-order chi connectivity index (χ1) is 8.58. The van der Waals surface area contributed by atoms with E-state index in [0.717, 1.165) is 21.8 Å². The van der Waals surface area contributed by atoms with E-state index in [9.17, 15) is 14.3 Å². The first kappa shape index (κ1) is 12.8. The first-order valence-corrected chi connectivity index (χ1v) is 6.20. The molecule has 0 unspecified atom stereocenters. The van der Waals surface area contributed by atoms with Crippen LogP contribution in [0.3, 0.4) is 0 Å². The molecule has 0 saturated heterocycles. The highest BCUT2D eigenvalue weighted by Gasteiger charge is 2.13. The lowest BCUT2D eigenvalue weighted by Crippen LogP contribution is -2.13. The Bertz CT molecular complexity index is 601. The Hall–Kier alpha value is -1.63.